The zero-order chi connectivity index (χ0) is 34.1. The summed E-state index contributed by atoms with van der Waals surface area (Å²) in [6.07, 6.45) is 2.19. The minimum absolute atomic E-state index is 0.0728. The minimum atomic E-state index is -1.09. The van der Waals surface area contributed by atoms with Crippen LogP contribution in [0.15, 0.2) is 35.5 Å². The van der Waals surface area contributed by atoms with Gasteiger partial charge in [-0.2, -0.15) is 0 Å². The van der Waals surface area contributed by atoms with Gasteiger partial charge in [0.25, 0.3) is 5.91 Å². The number of ketones is 1. The summed E-state index contributed by atoms with van der Waals surface area (Å²) in [6.45, 7) is 13.9. The van der Waals surface area contributed by atoms with Crippen molar-refractivity contribution >= 4 is 35.2 Å². The fourth-order valence-corrected chi connectivity index (χ4v) is 6.84. The molecule has 1 aliphatic heterocycles. The van der Waals surface area contributed by atoms with Gasteiger partial charge in [-0.1, -0.05) is 96.8 Å². The monoisotopic (exact) mass is 638 g/mol. The number of oxime groups is 1. The number of nitrogens with two attached hydrogens (primary N) is 1. The molecule has 2 aliphatic carbocycles. The maximum Gasteiger partial charge on any atom is 0.316 e. The molecule has 2 saturated carbocycles. The highest BCUT2D eigenvalue weighted by molar-refractivity contribution is 6.37. The van der Waals surface area contributed by atoms with Crippen LogP contribution in [-0.4, -0.2) is 78.0 Å². The molecule has 0 spiro atoms. The van der Waals surface area contributed by atoms with Crippen molar-refractivity contribution in [3.8, 4) is 0 Å². The quantitative estimate of drug-likeness (QED) is 0.147. The normalized spacial score (nSPS) is 23.9. The zero-order valence-corrected chi connectivity index (χ0v) is 28.3. The number of amides is 5. The van der Waals surface area contributed by atoms with E-state index in [1.807, 2.05) is 65.0 Å². The topological polar surface area (TPSA) is 172 Å². The van der Waals surface area contributed by atoms with E-state index in [1.54, 1.807) is 0 Å². The van der Waals surface area contributed by atoms with Gasteiger partial charge in [0, 0.05) is 12.1 Å². The molecule has 5 amide bonds. The van der Waals surface area contributed by atoms with Crippen molar-refractivity contribution in [2.45, 2.75) is 91.9 Å². The summed E-state index contributed by atoms with van der Waals surface area (Å²) in [5, 5.41) is 12.9. The van der Waals surface area contributed by atoms with Crippen LogP contribution in [0.2, 0.25) is 0 Å². The summed E-state index contributed by atoms with van der Waals surface area (Å²) in [7, 11) is 1.45. The predicted octanol–water partition coefficient (Wildman–Crippen LogP) is 2.60. The number of fused-ring (bicyclic) bond motifs is 1. The van der Waals surface area contributed by atoms with Crippen LogP contribution >= 0.6 is 0 Å². The average molecular weight is 639 g/mol. The molecule has 0 bridgehead atoms. The Hall–Kier alpha value is -3.96. The Morgan fingerprint density at radius 1 is 1.04 bits per heavy atom. The van der Waals surface area contributed by atoms with E-state index in [0.717, 1.165) is 18.4 Å². The number of urea groups is 1. The molecule has 12 nitrogen and oxygen atoms in total. The number of carbonyl (C=O) groups excluding carboxylic acids is 5. The van der Waals surface area contributed by atoms with Crippen LogP contribution in [0.25, 0.3) is 0 Å². The van der Waals surface area contributed by atoms with Crippen LogP contribution in [0, 0.1) is 34.5 Å². The maximum atomic E-state index is 14.3. The van der Waals surface area contributed by atoms with Crippen molar-refractivity contribution in [1.82, 2.24) is 20.9 Å². The Kier molecular flexibility index (Phi) is 10.2. The molecule has 5 N–H and O–H groups in total. The predicted molar refractivity (Wildman–Crippen MR) is 173 cm³/mol. The van der Waals surface area contributed by atoms with Crippen LogP contribution < -0.4 is 21.7 Å². The number of nitrogens with one attached hydrogen (secondary N) is 3. The number of rotatable bonds is 13. The van der Waals surface area contributed by atoms with Gasteiger partial charge in [0.05, 0.1) is 12.1 Å². The molecule has 2 unspecified atom stereocenters. The standard InChI is InChI=1S/C34H50N6O6/c1-18(2)24(25(39-46-8)20-12-10-9-11-13-20)37-32(45)38-28(33(3,4)5)31(44)40-17-21-23(34(21,6)7)26(40)30(43)36-22(16-19-14-15-19)27(41)29(35)42/h9-13,18-19,21-24,26,28H,14-17H2,1-8H3,(H2,35,42)(H,36,43)(H2,37,38,45)/b39-25+/t21-,22?,23?,24-,26-,28+/m0/s1. The van der Waals surface area contributed by atoms with Crippen LogP contribution in [0.4, 0.5) is 4.79 Å². The number of likely N-dealkylation sites (tertiary alicyclic amines) is 1. The van der Waals surface area contributed by atoms with Crippen molar-refractivity contribution in [1.29, 1.82) is 0 Å². The van der Waals surface area contributed by atoms with E-state index < -0.39 is 53.2 Å². The van der Waals surface area contributed by atoms with Gasteiger partial charge in [-0.15, -0.1) is 0 Å². The molecule has 252 valence electrons. The molecule has 1 aromatic rings. The molecule has 1 aromatic carbocycles. The second kappa shape index (κ2) is 13.4. The third kappa shape index (κ3) is 7.53. The van der Waals surface area contributed by atoms with Gasteiger partial charge in [0.2, 0.25) is 17.6 Å². The lowest BCUT2D eigenvalue weighted by Crippen LogP contribution is -2.62. The molecule has 3 fully saturated rings. The van der Waals surface area contributed by atoms with Gasteiger partial charge in [-0.25, -0.2) is 4.79 Å². The molecule has 0 radical (unpaired) electrons. The van der Waals surface area contributed by atoms with E-state index in [1.165, 1.54) is 12.0 Å². The molecule has 12 heteroatoms. The van der Waals surface area contributed by atoms with E-state index in [-0.39, 0.29) is 35.0 Å². The first kappa shape index (κ1) is 34.9. The number of hydrogen-bond donors (Lipinski definition) is 4. The number of nitrogens with zero attached hydrogens (tertiary/aromatic N) is 2. The van der Waals surface area contributed by atoms with Gasteiger partial charge in [-0.05, 0) is 40.9 Å². The summed E-state index contributed by atoms with van der Waals surface area (Å²) in [4.78, 5) is 72.9. The largest absolute Gasteiger partial charge is 0.399 e. The van der Waals surface area contributed by atoms with Crippen LogP contribution in [0.5, 0.6) is 0 Å². The number of primary amides is 1. The Balaban J connectivity index is 1.55. The number of carbonyl (C=O) groups is 5. The minimum Gasteiger partial charge on any atom is -0.399 e. The van der Waals surface area contributed by atoms with Crippen LogP contribution in [-0.2, 0) is 24.0 Å². The molecular weight excluding hydrogens is 588 g/mol. The Bertz CT molecular complexity index is 1370. The van der Waals surface area contributed by atoms with E-state index in [4.69, 9.17) is 10.6 Å². The highest BCUT2D eigenvalue weighted by Crippen LogP contribution is 2.65. The summed E-state index contributed by atoms with van der Waals surface area (Å²) < 4.78 is 0. The molecule has 0 aromatic heterocycles. The zero-order valence-electron chi connectivity index (χ0n) is 28.3. The molecule has 1 heterocycles. The fraction of sp³-hybridized carbons (Fsp3) is 0.647. The first-order chi connectivity index (χ1) is 21.5. The third-order valence-electron chi connectivity index (χ3n) is 9.80. The molecule has 3 aliphatic rings. The van der Waals surface area contributed by atoms with E-state index in [9.17, 15) is 24.0 Å². The van der Waals surface area contributed by atoms with Gasteiger partial charge < -0.3 is 31.4 Å². The lowest BCUT2D eigenvalue weighted by molar-refractivity contribution is -0.145. The third-order valence-corrected chi connectivity index (χ3v) is 9.80. The second-order valence-electron chi connectivity index (χ2n) is 15.0. The molecule has 4 rings (SSSR count). The fourth-order valence-electron chi connectivity index (χ4n) is 6.84. The summed E-state index contributed by atoms with van der Waals surface area (Å²) >= 11 is 0. The molecule has 46 heavy (non-hydrogen) atoms. The Labute approximate surface area is 271 Å². The van der Waals surface area contributed by atoms with Crippen molar-refractivity contribution in [2.24, 2.45) is 45.4 Å². The maximum absolute atomic E-state index is 14.3. The van der Waals surface area contributed by atoms with Crippen molar-refractivity contribution < 1.29 is 28.8 Å². The Morgan fingerprint density at radius 2 is 1.67 bits per heavy atom. The van der Waals surface area contributed by atoms with Crippen molar-refractivity contribution in [2.75, 3.05) is 13.7 Å². The first-order valence-corrected chi connectivity index (χ1v) is 16.2. The van der Waals surface area contributed by atoms with E-state index in [2.05, 4.69) is 35.0 Å². The Morgan fingerprint density at radius 3 is 2.20 bits per heavy atom. The number of piperidine rings is 1. The van der Waals surface area contributed by atoms with Crippen molar-refractivity contribution in [3.05, 3.63) is 35.9 Å². The molecule has 6 atom stereocenters. The summed E-state index contributed by atoms with van der Waals surface area (Å²) in [5.41, 5.74) is 5.73. The summed E-state index contributed by atoms with van der Waals surface area (Å²) in [6, 6.07) is 5.43. The SMILES string of the molecule is CO/N=C(\c1ccccc1)[C@@H](NC(=O)N[C@H](C(=O)N1C[C@H]2C([C@H]1C(=O)NC(CC1CC1)C(=O)C(N)=O)C2(C)C)C(C)(C)C)C(C)C. The van der Waals surface area contributed by atoms with Gasteiger partial charge in [0.15, 0.2) is 0 Å². The number of Topliss-reactive ketones (excluding diaryl/α,β-unsaturated/α-hetero) is 1. The van der Waals surface area contributed by atoms with Crippen LogP contribution in [0.3, 0.4) is 0 Å². The van der Waals surface area contributed by atoms with Gasteiger partial charge in [0.1, 0.15) is 24.9 Å². The van der Waals surface area contributed by atoms with Crippen LogP contribution in [0.1, 0.15) is 73.3 Å². The number of hydrogen-bond acceptors (Lipinski definition) is 7. The highest BCUT2D eigenvalue weighted by atomic mass is 16.6. The lowest BCUT2D eigenvalue weighted by Gasteiger charge is -2.38. The first-order valence-electron chi connectivity index (χ1n) is 16.2. The van der Waals surface area contributed by atoms with Crippen molar-refractivity contribution in [3.63, 3.8) is 0 Å². The van der Waals surface area contributed by atoms with E-state index in [0.29, 0.717) is 18.7 Å². The van der Waals surface area contributed by atoms with E-state index >= 15 is 0 Å². The highest BCUT2D eigenvalue weighted by Gasteiger charge is 2.70. The molecule has 1 saturated heterocycles. The van der Waals surface area contributed by atoms with Gasteiger partial charge in [-0.3, -0.25) is 19.2 Å². The molecular formula is C34H50N6O6. The second-order valence-corrected chi connectivity index (χ2v) is 15.0. The smallest absolute Gasteiger partial charge is 0.316 e. The lowest BCUT2D eigenvalue weighted by atomic mass is 9.85. The summed E-state index contributed by atoms with van der Waals surface area (Å²) in [5.74, 6) is -2.66. The van der Waals surface area contributed by atoms with Gasteiger partial charge >= 0.3 is 6.03 Å². The average Bonchev–Trinajstić information content (AvgIpc) is 3.83. The number of benzene rings is 1.